The number of carbonyl (C=O) groups is 2. The molecular formula is C32H41F3N8O4. The molecule has 0 spiro atoms. The van der Waals surface area contributed by atoms with Crippen LogP contribution in [0, 0.1) is 5.92 Å². The molecule has 15 heteroatoms. The number of carboxylic acids is 1. The zero-order chi connectivity index (χ0) is 33.6. The predicted molar refractivity (Wildman–Crippen MR) is 168 cm³/mol. The molecule has 6 rings (SSSR count). The zero-order valence-electron chi connectivity index (χ0n) is 26.4. The molecule has 1 amide bonds. The number of fused-ring (bicyclic) bond motifs is 1. The van der Waals surface area contributed by atoms with Crippen molar-refractivity contribution in [1.29, 1.82) is 0 Å². The number of carboxylic acid groups (broad SMARTS) is 1. The first-order valence-corrected chi connectivity index (χ1v) is 16.1. The highest BCUT2D eigenvalue weighted by Crippen LogP contribution is 2.35. The average Bonchev–Trinajstić information content (AvgIpc) is 3.39. The van der Waals surface area contributed by atoms with Gasteiger partial charge in [-0.25, -0.2) is 9.78 Å². The van der Waals surface area contributed by atoms with E-state index >= 15 is 0 Å². The molecule has 12 nitrogen and oxygen atoms in total. The number of aliphatic carboxylic acids is 1. The SMILES string of the molecule is CC1CCc2c(nc(N3CCC(c4nnc(N)o4)CC3)nc2NC(CN2CCCCCC2=O)c2ccccc2)C1.O=C(O)C(F)(F)F. The number of alkyl halides is 3. The first kappa shape index (κ1) is 33.9. The van der Waals surface area contributed by atoms with Gasteiger partial charge in [0.25, 0.3) is 0 Å². The van der Waals surface area contributed by atoms with E-state index in [4.69, 9.17) is 30.0 Å². The molecule has 2 unspecified atom stereocenters. The number of piperidine rings is 1. The largest absolute Gasteiger partial charge is 0.490 e. The van der Waals surface area contributed by atoms with E-state index in [2.05, 4.69) is 51.6 Å². The highest BCUT2D eigenvalue weighted by atomic mass is 19.4. The maximum Gasteiger partial charge on any atom is 0.490 e. The molecule has 4 heterocycles. The van der Waals surface area contributed by atoms with Gasteiger partial charge in [0.05, 0.1) is 11.7 Å². The highest BCUT2D eigenvalue weighted by molar-refractivity contribution is 5.76. The molecule has 2 aliphatic heterocycles. The molecule has 1 aromatic carbocycles. The summed E-state index contributed by atoms with van der Waals surface area (Å²) in [6.07, 6.45) is 3.52. The van der Waals surface area contributed by atoms with Crippen LogP contribution in [-0.4, -0.2) is 74.4 Å². The van der Waals surface area contributed by atoms with Crippen LogP contribution in [0.5, 0.6) is 0 Å². The highest BCUT2D eigenvalue weighted by Gasteiger charge is 2.38. The molecule has 0 radical (unpaired) electrons. The minimum atomic E-state index is -5.08. The van der Waals surface area contributed by atoms with Gasteiger partial charge in [-0.05, 0) is 56.4 Å². The van der Waals surface area contributed by atoms with Crippen molar-refractivity contribution in [2.45, 2.75) is 82.8 Å². The third-order valence-electron chi connectivity index (χ3n) is 8.92. The smallest absolute Gasteiger partial charge is 0.475 e. The lowest BCUT2D eigenvalue weighted by Crippen LogP contribution is -2.37. The van der Waals surface area contributed by atoms with Crippen LogP contribution in [-0.2, 0) is 22.4 Å². The van der Waals surface area contributed by atoms with Gasteiger partial charge in [0.2, 0.25) is 17.7 Å². The Morgan fingerprint density at radius 2 is 1.79 bits per heavy atom. The molecule has 3 aromatic rings. The Kier molecular flexibility index (Phi) is 10.8. The van der Waals surface area contributed by atoms with E-state index in [1.165, 1.54) is 5.56 Å². The summed E-state index contributed by atoms with van der Waals surface area (Å²) in [5.41, 5.74) is 9.19. The molecule has 2 saturated heterocycles. The Bertz CT molecular complexity index is 1510. The summed E-state index contributed by atoms with van der Waals surface area (Å²) < 4.78 is 37.2. The molecule has 1 aliphatic carbocycles. The van der Waals surface area contributed by atoms with Gasteiger partial charge in [-0.15, -0.1) is 5.10 Å². The number of aromatic nitrogens is 4. The number of hydrogen-bond donors (Lipinski definition) is 3. The Morgan fingerprint density at radius 3 is 2.45 bits per heavy atom. The van der Waals surface area contributed by atoms with Crippen LogP contribution in [0.3, 0.4) is 0 Å². The number of halogens is 3. The first-order chi connectivity index (χ1) is 22.5. The summed E-state index contributed by atoms with van der Waals surface area (Å²) in [6, 6.07) is 10.5. The number of nitrogen functional groups attached to an aromatic ring is 1. The molecule has 254 valence electrons. The number of benzene rings is 1. The van der Waals surface area contributed by atoms with Crippen molar-refractivity contribution in [1.82, 2.24) is 25.1 Å². The molecule has 4 N–H and O–H groups in total. The van der Waals surface area contributed by atoms with Gasteiger partial charge in [0.15, 0.2) is 0 Å². The van der Waals surface area contributed by atoms with Gasteiger partial charge in [0.1, 0.15) is 5.82 Å². The molecular weight excluding hydrogens is 617 g/mol. The normalized spacial score (nSPS) is 19.7. The van der Waals surface area contributed by atoms with E-state index in [1.807, 2.05) is 11.0 Å². The van der Waals surface area contributed by atoms with Crippen LogP contribution in [0.15, 0.2) is 34.7 Å². The molecule has 2 atom stereocenters. The van der Waals surface area contributed by atoms with E-state index in [-0.39, 0.29) is 23.9 Å². The molecule has 2 fully saturated rings. The monoisotopic (exact) mass is 658 g/mol. The number of nitrogens with two attached hydrogens (primary N) is 1. The van der Waals surface area contributed by atoms with Gasteiger partial charge in [0, 0.05) is 44.1 Å². The minimum absolute atomic E-state index is 0.0526. The van der Waals surface area contributed by atoms with Crippen molar-refractivity contribution in [3.63, 3.8) is 0 Å². The number of nitrogens with one attached hydrogen (secondary N) is 1. The van der Waals surface area contributed by atoms with Crippen LogP contribution < -0.4 is 16.0 Å². The van der Waals surface area contributed by atoms with Crippen LogP contribution in [0.4, 0.5) is 31.0 Å². The molecule has 2 aromatic heterocycles. The molecule has 0 bridgehead atoms. The summed E-state index contributed by atoms with van der Waals surface area (Å²) in [6.45, 7) is 5.37. The third-order valence-corrected chi connectivity index (χ3v) is 8.92. The topological polar surface area (TPSA) is 164 Å². The third kappa shape index (κ3) is 8.89. The van der Waals surface area contributed by atoms with Crippen molar-refractivity contribution >= 4 is 29.7 Å². The van der Waals surface area contributed by atoms with Gasteiger partial charge >= 0.3 is 18.2 Å². The number of hydrogen-bond acceptors (Lipinski definition) is 10. The van der Waals surface area contributed by atoms with Crippen molar-refractivity contribution in [3.05, 3.63) is 53.0 Å². The van der Waals surface area contributed by atoms with E-state index in [1.54, 1.807) is 0 Å². The molecule has 0 saturated carbocycles. The fraction of sp³-hybridized carbons (Fsp3) is 0.562. The Hall–Kier alpha value is -4.43. The quantitative estimate of drug-likeness (QED) is 0.308. The van der Waals surface area contributed by atoms with Crippen LogP contribution in [0.1, 0.15) is 86.5 Å². The fourth-order valence-corrected chi connectivity index (χ4v) is 6.31. The van der Waals surface area contributed by atoms with Gasteiger partial charge < -0.3 is 30.4 Å². The lowest BCUT2D eigenvalue weighted by molar-refractivity contribution is -0.192. The summed E-state index contributed by atoms with van der Waals surface area (Å²) in [4.78, 5) is 36.4. The van der Waals surface area contributed by atoms with E-state index in [9.17, 15) is 18.0 Å². The number of rotatable bonds is 7. The number of anilines is 3. The van der Waals surface area contributed by atoms with Crippen molar-refractivity contribution < 1.29 is 32.3 Å². The lowest BCUT2D eigenvalue weighted by Gasteiger charge is -2.33. The second-order valence-electron chi connectivity index (χ2n) is 12.4. The second kappa shape index (κ2) is 15.0. The zero-order valence-corrected chi connectivity index (χ0v) is 26.4. The van der Waals surface area contributed by atoms with Crippen LogP contribution >= 0.6 is 0 Å². The van der Waals surface area contributed by atoms with Crippen molar-refractivity contribution in [2.24, 2.45) is 5.92 Å². The van der Waals surface area contributed by atoms with Crippen molar-refractivity contribution in [3.8, 4) is 0 Å². The van der Waals surface area contributed by atoms with Gasteiger partial charge in [-0.3, -0.25) is 4.79 Å². The van der Waals surface area contributed by atoms with Crippen LogP contribution in [0.2, 0.25) is 0 Å². The van der Waals surface area contributed by atoms with E-state index in [0.717, 1.165) is 94.0 Å². The second-order valence-corrected chi connectivity index (χ2v) is 12.4. The van der Waals surface area contributed by atoms with Gasteiger partial charge in [-0.2, -0.15) is 18.2 Å². The van der Waals surface area contributed by atoms with Gasteiger partial charge in [-0.1, -0.05) is 48.8 Å². The van der Waals surface area contributed by atoms with E-state index < -0.39 is 12.1 Å². The first-order valence-electron chi connectivity index (χ1n) is 16.1. The fourth-order valence-electron chi connectivity index (χ4n) is 6.31. The summed E-state index contributed by atoms with van der Waals surface area (Å²) in [5, 5.41) is 18.9. The lowest BCUT2D eigenvalue weighted by atomic mass is 9.88. The summed E-state index contributed by atoms with van der Waals surface area (Å²) in [5.74, 6) is 0.596. The number of amides is 1. The molecule has 3 aliphatic rings. The standard InChI is InChI=1S/C30H40N8O2.C2HF3O2/c1-20-11-12-23-24(18-20)33-30(37-16-13-22(14-17-37)28-35-36-29(31)40-28)34-27(23)32-25(21-8-4-2-5-9-21)19-38-15-7-3-6-10-26(38)39;3-2(4,5)1(6)7/h2,4-5,8-9,20,22,25H,3,6-7,10-19H2,1H3,(H2,31,36)(H,32,33,34);(H,6,7). The number of carbonyl (C=O) groups excluding carboxylic acids is 1. The minimum Gasteiger partial charge on any atom is -0.475 e. The average molecular weight is 659 g/mol. The van der Waals surface area contributed by atoms with Crippen molar-refractivity contribution in [2.75, 3.05) is 42.1 Å². The predicted octanol–water partition coefficient (Wildman–Crippen LogP) is 5.14. The van der Waals surface area contributed by atoms with E-state index in [0.29, 0.717) is 24.8 Å². The molecule has 47 heavy (non-hydrogen) atoms. The Labute approximate surface area is 270 Å². The number of nitrogens with zero attached hydrogens (tertiary/aromatic N) is 6. The van der Waals surface area contributed by atoms with Crippen LogP contribution in [0.25, 0.3) is 0 Å². The summed E-state index contributed by atoms with van der Waals surface area (Å²) >= 11 is 0. The maximum absolute atomic E-state index is 12.9. The Balaban J connectivity index is 0.000000559. The maximum atomic E-state index is 12.9. The summed E-state index contributed by atoms with van der Waals surface area (Å²) in [7, 11) is 0. The number of likely N-dealkylation sites (tertiary alicyclic amines) is 1. The Morgan fingerprint density at radius 1 is 1.06 bits per heavy atom.